The van der Waals surface area contributed by atoms with Gasteiger partial charge >= 0.3 is 5.97 Å². The van der Waals surface area contributed by atoms with E-state index < -0.39 is 0 Å². The molecule has 0 radical (unpaired) electrons. The fourth-order valence-electron chi connectivity index (χ4n) is 6.30. The van der Waals surface area contributed by atoms with E-state index in [1.54, 1.807) is 0 Å². The van der Waals surface area contributed by atoms with Crippen LogP contribution in [0.3, 0.4) is 0 Å². The minimum atomic E-state index is -0.306. The molecule has 0 saturated carbocycles. The predicted octanol–water partition coefficient (Wildman–Crippen LogP) is 6.25. The lowest BCUT2D eigenvalue weighted by atomic mass is 9.83. The van der Waals surface area contributed by atoms with E-state index in [1.807, 2.05) is 72.8 Å². The van der Waals surface area contributed by atoms with Crippen LogP contribution in [0.5, 0.6) is 0 Å². The molecule has 0 atom stereocenters. The van der Waals surface area contributed by atoms with Crippen molar-refractivity contribution in [1.82, 2.24) is 4.90 Å². The Morgan fingerprint density at radius 1 is 0.595 bits per heavy atom. The van der Waals surface area contributed by atoms with Gasteiger partial charge in [-0.05, 0) is 68.1 Å². The van der Waals surface area contributed by atoms with Gasteiger partial charge in [0.1, 0.15) is 6.61 Å². The summed E-state index contributed by atoms with van der Waals surface area (Å²) in [5, 5.41) is 7.58. The number of hydrogen-bond donors (Lipinski definition) is 0. The number of esters is 1. The van der Waals surface area contributed by atoms with E-state index in [2.05, 4.69) is 6.07 Å². The Kier molecular flexibility index (Phi) is 3.94. The van der Waals surface area contributed by atoms with Crippen LogP contribution in [0.15, 0.2) is 78.9 Å². The second-order valence-corrected chi connectivity index (χ2v) is 9.83. The molecular formula is C32H19NO4. The number of ether oxygens (including phenoxy) is 1. The van der Waals surface area contributed by atoms with Crippen LogP contribution in [0.4, 0.5) is 0 Å². The van der Waals surface area contributed by atoms with Crippen LogP contribution < -0.4 is 0 Å². The standard InChI is InChI=1S/C32H19NO4/c34-30-23-11-8-21-19-7-6-18-16-37-32(36)25-13-10-20(27(19)26(18)25)22-9-12-24(29(23)28(21)22)31(35)33(30)15-14-17-4-2-1-3-5-17/h1-13H,14-16H2. The number of amides is 2. The first-order chi connectivity index (χ1) is 18.1. The fourth-order valence-corrected chi connectivity index (χ4v) is 6.30. The fraction of sp³-hybridized carbons (Fsp3) is 0.0938. The molecule has 6 aromatic rings. The first-order valence-electron chi connectivity index (χ1n) is 12.4. The Hall–Kier alpha value is -4.77. The molecule has 176 valence electrons. The van der Waals surface area contributed by atoms with Crippen molar-refractivity contribution in [3.05, 3.63) is 107 Å². The quantitative estimate of drug-likeness (QED) is 0.130. The Labute approximate surface area is 211 Å². The van der Waals surface area contributed by atoms with Gasteiger partial charge in [-0.2, -0.15) is 0 Å². The summed E-state index contributed by atoms with van der Waals surface area (Å²) in [6.45, 7) is 0.587. The van der Waals surface area contributed by atoms with Crippen LogP contribution in [0.25, 0.3) is 43.1 Å². The van der Waals surface area contributed by atoms with E-state index >= 15 is 0 Å². The first-order valence-corrected chi connectivity index (χ1v) is 12.4. The highest BCUT2D eigenvalue weighted by molar-refractivity contribution is 6.39. The SMILES string of the molecule is O=C1OCc2ccc3c4ccc5c6c(ccc(c7ccc1c2c37)c64)C(=O)N(CCc1ccccc1)C5=O. The lowest BCUT2D eigenvalue weighted by Gasteiger charge is -2.29. The summed E-state index contributed by atoms with van der Waals surface area (Å²) in [6.07, 6.45) is 0.607. The highest BCUT2D eigenvalue weighted by atomic mass is 16.5. The maximum Gasteiger partial charge on any atom is 0.339 e. The number of rotatable bonds is 3. The van der Waals surface area contributed by atoms with Crippen molar-refractivity contribution < 1.29 is 19.1 Å². The van der Waals surface area contributed by atoms with Gasteiger partial charge in [0, 0.05) is 28.4 Å². The number of hydrogen-bond acceptors (Lipinski definition) is 4. The monoisotopic (exact) mass is 481 g/mol. The molecule has 2 aliphatic heterocycles. The summed E-state index contributed by atoms with van der Waals surface area (Å²) in [4.78, 5) is 41.1. The number of nitrogens with zero attached hydrogens (tertiary/aromatic N) is 1. The van der Waals surface area contributed by atoms with Gasteiger partial charge in [0.2, 0.25) is 0 Å². The highest BCUT2D eigenvalue weighted by Gasteiger charge is 2.34. The number of cyclic esters (lactones) is 1. The number of imide groups is 1. The topological polar surface area (TPSA) is 63.7 Å². The Morgan fingerprint density at radius 3 is 1.81 bits per heavy atom. The largest absolute Gasteiger partial charge is 0.457 e. The third-order valence-corrected chi connectivity index (χ3v) is 7.98. The van der Waals surface area contributed by atoms with Gasteiger partial charge in [-0.1, -0.05) is 60.7 Å². The molecule has 0 saturated heterocycles. The van der Waals surface area contributed by atoms with Gasteiger partial charge in [-0.15, -0.1) is 0 Å². The molecule has 5 heteroatoms. The smallest absolute Gasteiger partial charge is 0.339 e. The highest BCUT2D eigenvalue weighted by Crippen LogP contribution is 2.45. The Balaban J connectivity index is 1.38. The molecule has 2 heterocycles. The second kappa shape index (κ2) is 7.14. The van der Waals surface area contributed by atoms with Crippen molar-refractivity contribution in [3.8, 4) is 0 Å². The van der Waals surface area contributed by atoms with Crippen molar-refractivity contribution >= 4 is 60.9 Å². The van der Waals surface area contributed by atoms with Gasteiger partial charge in [0.25, 0.3) is 11.8 Å². The maximum absolute atomic E-state index is 13.6. The summed E-state index contributed by atoms with van der Waals surface area (Å²) >= 11 is 0. The van der Waals surface area contributed by atoms with Crippen LogP contribution in [-0.2, 0) is 17.8 Å². The Bertz CT molecular complexity index is 1920. The number of benzene rings is 6. The average molecular weight is 482 g/mol. The average Bonchev–Trinajstić information content (AvgIpc) is 2.94. The molecule has 37 heavy (non-hydrogen) atoms. The molecule has 6 aromatic carbocycles. The van der Waals surface area contributed by atoms with Crippen LogP contribution in [0, 0.1) is 0 Å². The lowest BCUT2D eigenvalue weighted by Crippen LogP contribution is -2.41. The van der Waals surface area contributed by atoms with E-state index in [9.17, 15) is 14.4 Å². The minimum Gasteiger partial charge on any atom is -0.457 e. The molecule has 0 aromatic heterocycles. The van der Waals surface area contributed by atoms with Crippen LogP contribution in [0.2, 0.25) is 0 Å². The molecular weight excluding hydrogens is 462 g/mol. The van der Waals surface area contributed by atoms with E-state index in [1.165, 1.54) is 4.90 Å². The van der Waals surface area contributed by atoms with Crippen LogP contribution in [0.1, 0.15) is 42.2 Å². The number of fused-ring (bicyclic) bond motifs is 2. The molecule has 0 spiro atoms. The number of carbonyl (C=O) groups is 3. The van der Waals surface area contributed by atoms with E-state index in [0.717, 1.165) is 54.2 Å². The molecule has 0 aliphatic carbocycles. The normalized spacial score (nSPS) is 14.9. The molecule has 2 aliphatic rings. The van der Waals surface area contributed by atoms with Crippen molar-refractivity contribution in [2.45, 2.75) is 13.0 Å². The van der Waals surface area contributed by atoms with E-state index in [4.69, 9.17) is 4.74 Å². The Morgan fingerprint density at radius 2 is 1.16 bits per heavy atom. The summed E-state index contributed by atoms with van der Waals surface area (Å²) in [6, 6.07) is 25.4. The van der Waals surface area contributed by atoms with Gasteiger partial charge in [0.05, 0.1) is 5.56 Å². The lowest BCUT2D eigenvalue weighted by molar-refractivity contribution is 0.0462. The summed E-state index contributed by atoms with van der Waals surface area (Å²) < 4.78 is 5.37. The first kappa shape index (κ1) is 20.4. The third-order valence-electron chi connectivity index (χ3n) is 7.98. The zero-order chi connectivity index (χ0) is 24.8. The minimum absolute atomic E-state index is 0.254. The third kappa shape index (κ3) is 2.60. The van der Waals surface area contributed by atoms with Crippen molar-refractivity contribution in [2.24, 2.45) is 0 Å². The van der Waals surface area contributed by atoms with Gasteiger partial charge < -0.3 is 4.74 Å². The van der Waals surface area contributed by atoms with Crippen molar-refractivity contribution in [3.63, 3.8) is 0 Å². The summed E-state index contributed by atoms with van der Waals surface area (Å²) in [5.41, 5.74) is 3.76. The molecule has 0 N–H and O–H groups in total. The van der Waals surface area contributed by atoms with Crippen LogP contribution in [-0.4, -0.2) is 29.2 Å². The van der Waals surface area contributed by atoms with E-state index in [-0.39, 0.29) is 24.4 Å². The van der Waals surface area contributed by atoms with Gasteiger partial charge in [-0.3, -0.25) is 14.5 Å². The van der Waals surface area contributed by atoms with Crippen LogP contribution >= 0.6 is 0 Å². The molecule has 0 unspecified atom stereocenters. The van der Waals surface area contributed by atoms with Gasteiger partial charge in [-0.25, -0.2) is 4.79 Å². The van der Waals surface area contributed by atoms with Crippen molar-refractivity contribution in [2.75, 3.05) is 6.54 Å². The maximum atomic E-state index is 13.6. The molecule has 0 bridgehead atoms. The summed E-state index contributed by atoms with van der Waals surface area (Å²) in [5.74, 6) is -0.814. The summed E-state index contributed by atoms with van der Waals surface area (Å²) in [7, 11) is 0. The van der Waals surface area contributed by atoms with E-state index in [0.29, 0.717) is 29.7 Å². The zero-order valence-electron chi connectivity index (χ0n) is 19.7. The number of carbonyl (C=O) groups excluding carboxylic acids is 3. The molecule has 0 fully saturated rings. The zero-order valence-corrected chi connectivity index (χ0v) is 19.7. The predicted molar refractivity (Wildman–Crippen MR) is 142 cm³/mol. The van der Waals surface area contributed by atoms with Crippen molar-refractivity contribution in [1.29, 1.82) is 0 Å². The second-order valence-electron chi connectivity index (χ2n) is 9.83. The molecule has 2 amide bonds. The molecule has 8 rings (SSSR count). The molecule has 5 nitrogen and oxygen atoms in total. The van der Waals surface area contributed by atoms with Gasteiger partial charge in [0.15, 0.2) is 0 Å².